The topological polar surface area (TPSA) is 56.3 Å². The van der Waals surface area contributed by atoms with Gasteiger partial charge in [-0.25, -0.2) is 0 Å². The molecule has 0 radical (unpaired) electrons. The first-order valence-corrected chi connectivity index (χ1v) is 10.5. The van der Waals surface area contributed by atoms with Crippen LogP contribution in [0.5, 0.6) is 0 Å². The minimum atomic E-state index is 0.558. The van der Waals surface area contributed by atoms with Crippen LogP contribution in [0.25, 0.3) is 0 Å². The molecular formula is C21H28N6S. The molecule has 2 aliphatic heterocycles. The van der Waals surface area contributed by atoms with Gasteiger partial charge in [-0.15, -0.1) is 0 Å². The van der Waals surface area contributed by atoms with Gasteiger partial charge in [-0.2, -0.15) is 9.97 Å². The average Bonchev–Trinajstić information content (AvgIpc) is 3.12. The van der Waals surface area contributed by atoms with Crippen molar-refractivity contribution in [2.75, 3.05) is 34.8 Å². The summed E-state index contributed by atoms with van der Waals surface area (Å²) in [6, 6.07) is 10.7. The summed E-state index contributed by atoms with van der Waals surface area (Å²) in [6.07, 6.45) is 2.49. The molecule has 2 N–H and O–H groups in total. The van der Waals surface area contributed by atoms with Gasteiger partial charge in [0.2, 0.25) is 5.95 Å². The zero-order valence-corrected chi connectivity index (χ0v) is 17.4. The van der Waals surface area contributed by atoms with E-state index in [1.165, 1.54) is 24.0 Å². The molecule has 0 amide bonds. The fraction of sp³-hybridized carbons (Fsp3) is 0.476. The Labute approximate surface area is 172 Å². The van der Waals surface area contributed by atoms with E-state index in [1.807, 2.05) is 6.92 Å². The van der Waals surface area contributed by atoms with Crippen molar-refractivity contribution in [1.82, 2.24) is 15.3 Å². The van der Waals surface area contributed by atoms with E-state index in [9.17, 15) is 0 Å². The van der Waals surface area contributed by atoms with E-state index >= 15 is 0 Å². The Hall–Kier alpha value is -2.41. The van der Waals surface area contributed by atoms with E-state index in [1.54, 1.807) is 0 Å². The van der Waals surface area contributed by atoms with Crippen LogP contribution in [0.1, 0.15) is 37.8 Å². The second kappa shape index (κ2) is 8.31. The Bertz CT molecular complexity index is 830. The van der Waals surface area contributed by atoms with Crippen LogP contribution in [0.15, 0.2) is 30.3 Å². The fourth-order valence-electron chi connectivity index (χ4n) is 4.00. The minimum absolute atomic E-state index is 0.558. The Morgan fingerprint density at radius 3 is 2.46 bits per heavy atom. The molecule has 0 spiro atoms. The predicted molar refractivity (Wildman–Crippen MR) is 119 cm³/mol. The number of hydrogen-bond donors (Lipinski definition) is 2. The molecule has 28 heavy (non-hydrogen) atoms. The normalized spacial score (nSPS) is 18.7. The summed E-state index contributed by atoms with van der Waals surface area (Å²) in [7, 11) is 0. The van der Waals surface area contributed by atoms with Crippen molar-refractivity contribution >= 4 is 34.9 Å². The van der Waals surface area contributed by atoms with E-state index in [0.717, 1.165) is 44.4 Å². The lowest BCUT2D eigenvalue weighted by Gasteiger charge is -2.32. The lowest BCUT2D eigenvalue weighted by atomic mass is 10.0. The number of nitrogens with zero attached hydrogens (tertiary/aromatic N) is 4. The van der Waals surface area contributed by atoms with E-state index in [2.05, 4.69) is 57.7 Å². The third-order valence-electron chi connectivity index (χ3n) is 5.41. The lowest BCUT2D eigenvalue weighted by molar-refractivity contribution is 0.444. The van der Waals surface area contributed by atoms with Gasteiger partial charge in [0.05, 0.1) is 0 Å². The molecular weight excluding hydrogens is 368 g/mol. The standard InChI is InChI=1S/C21H28N6S/c1-3-22-21(28)25-20-23-18(26-10-6-7-15(2)12-26)11-19(24-20)27-13-16-8-4-5-9-17(16)14-27/h4-5,8-9,11,15H,3,6-7,10,12-14H2,1-2H3,(H2,22,23,24,25,28)/t15-/m1/s1. The van der Waals surface area contributed by atoms with E-state index in [-0.39, 0.29) is 0 Å². The first kappa shape index (κ1) is 18.9. The lowest BCUT2D eigenvalue weighted by Crippen LogP contribution is -2.35. The summed E-state index contributed by atoms with van der Waals surface area (Å²) in [6.45, 7) is 8.92. The van der Waals surface area contributed by atoms with Gasteiger partial charge in [0.1, 0.15) is 11.6 Å². The molecule has 2 aromatic rings. The highest BCUT2D eigenvalue weighted by Crippen LogP contribution is 2.31. The highest BCUT2D eigenvalue weighted by atomic mass is 32.1. The summed E-state index contributed by atoms with van der Waals surface area (Å²) < 4.78 is 0. The zero-order valence-electron chi connectivity index (χ0n) is 16.6. The SMILES string of the molecule is CCNC(=S)Nc1nc(N2Cc3ccccc3C2)cc(N2CCC[C@@H](C)C2)n1. The van der Waals surface area contributed by atoms with Crippen LogP contribution in [0.4, 0.5) is 17.6 Å². The first-order valence-electron chi connectivity index (χ1n) is 10.1. The van der Waals surface area contributed by atoms with Crippen LogP contribution in [0.3, 0.4) is 0 Å². The first-order chi connectivity index (χ1) is 13.6. The summed E-state index contributed by atoms with van der Waals surface area (Å²) in [5.74, 6) is 3.17. The quantitative estimate of drug-likeness (QED) is 0.767. The van der Waals surface area contributed by atoms with Crippen LogP contribution < -0.4 is 20.4 Å². The Morgan fingerprint density at radius 1 is 1.14 bits per heavy atom. The molecule has 7 heteroatoms. The molecule has 0 saturated carbocycles. The average molecular weight is 397 g/mol. The molecule has 1 atom stereocenters. The molecule has 1 aromatic carbocycles. The smallest absolute Gasteiger partial charge is 0.232 e. The Kier molecular flexibility index (Phi) is 5.62. The summed E-state index contributed by atoms with van der Waals surface area (Å²) in [5, 5.41) is 6.84. The molecule has 0 bridgehead atoms. The van der Waals surface area contributed by atoms with Gasteiger partial charge in [-0.1, -0.05) is 31.2 Å². The number of fused-ring (bicyclic) bond motifs is 1. The monoisotopic (exact) mass is 396 g/mol. The summed E-state index contributed by atoms with van der Waals surface area (Å²) in [5.41, 5.74) is 2.74. The van der Waals surface area contributed by atoms with Crippen LogP contribution in [-0.4, -0.2) is 34.7 Å². The molecule has 148 valence electrons. The van der Waals surface area contributed by atoms with Crippen LogP contribution in [0, 0.1) is 5.92 Å². The minimum Gasteiger partial charge on any atom is -0.363 e. The fourth-order valence-corrected chi connectivity index (χ4v) is 4.24. The van der Waals surface area contributed by atoms with E-state index in [0.29, 0.717) is 17.0 Å². The van der Waals surface area contributed by atoms with Crippen molar-refractivity contribution < 1.29 is 0 Å². The van der Waals surface area contributed by atoms with Gasteiger partial charge in [0.15, 0.2) is 5.11 Å². The molecule has 0 aliphatic carbocycles. The number of nitrogens with one attached hydrogen (secondary N) is 2. The van der Waals surface area contributed by atoms with Gasteiger partial charge in [0, 0.05) is 38.8 Å². The second-order valence-electron chi connectivity index (χ2n) is 7.71. The van der Waals surface area contributed by atoms with E-state index < -0.39 is 0 Å². The van der Waals surface area contributed by atoms with Gasteiger partial charge in [0.25, 0.3) is 0 Å². The number of thiocarbonyl (C=S) groups is 1. The van der Waals surface area contributed by atoms with Crippen LogP contribution >= 0.6 is 12.2 Å². The van der Waals surface area contributed by atoms with Crippen LogP contribution in [-0.2, 0) is 13.1 Å². The molecule has 0 unspecified atom stereocenters. The van der Waals surface area contributed by atoms with Crippen molar-refractivity contribution in [1.29, 1.82) is 0 Å². The van der Waals surface area contributed by atoms with Gasteiger partial charge in [-0.3, -0.25) is 0 Å². The zero-order chi connectivity index (χ0) is 19.5. The molecule has 4 rings (SSSR count). The highest BCUT2D eigenvalue weighted by molar-refractivity contribution is 7.80. The maximum atomic E-state index is 5.36. The molecule has 1 fully saturated rings. The van der Waals surface area contributed by atoms with Crippen LogP contribution in [0.2, 0.25) is 0 Å². The molecule has 2 aliphatic rings. The Morgan fingerprint density at radius 2 is 1.82 bits per heavy atom. The number of hydrogen-bond acceptors (Lipinski definition) is 5. The maximum Gasteiger partial charge on any atom is 0.232 e. The number of rotatable bonds is 4. The highest BCUT2D eigenvalue weighted by Gasteiger charge is 2.24. The van der Waals surface area contributed by atoms with Crippen molar-refractivity contribution in [3.8, 4) is 0 Å². The number of benzene rings is 1. The van der Waals surface area contributed by atoms with E-state index in [4.69, 9.17) is 22.2 Å². The van der Waals surface area contributed by atoms with Crippen molar-refractivity contribution in [2.24, 2.45) is 5.92 Å². The largest absolute Gasteiger partial charge is 0.363 e. The molecule has 1 saturated heterocycles. The number of anilines is 3. The third kappa shape index (κ3) is 4.19. The van der Waals surface area contributed by atoms with Gasteiger partial charge in [-0.05, 0) is 49.0 Å². The number of piperidine rings is 1. The number of aromatic nitrogens is 2. The van der Waals surface area contributed by atoms with Crippen molar-refractivity contribution in [3.05, 3.63) is 41.5 Å². The molecule has 3 heterocycles. The van der Waals surface area contributed by atoms with Gasteiger partial charge >= 0.3 is 0 Å². The molecule has 1 aromatic heterocycles. The van der Waals surface area contributed by atoms with Crippen molar-refractivity contribution in [2.45, 2.75) is 39.8 Å². The Balaban J connectivity index is 1.63. The summed E-state index contributed by atoms with van der Waals surface area (Å²) in [4.78, 5) is 14.3. The van der Waals surface area contributed by atoms with Crippen molar-refractivity contribution in [3.63, 3.8) is 0 Å². The third-order valence-corrected chi connectivity index (χ3v) is 5.65. The second-order valence-corrected chi connectivity index (χ2v) is 8.12. The maximum absolute atomic E-state index is 5.36. The summed E-state index contributed by atoms with van der Waals surface area (Å²) >= 11 is 5.36. The predicted octanol–water partition coefficient (Wildman–Crippen LogP) is 3.54. The molecule has 6 nitrogen and oxygen atoms in total. The van der Waals surface area contributed by atoms with Gasteiger partial charge < -0.3 is 20.4 Å².